The molecule has 2 aromatic rings. The Labute approximate surface area is 180 Å². The number of ketones is 1. The van der Waals surface area contributed by atoms with Crippen molar-refractivity contribution in [3.05, 3.63) is 47.5 Å². The van der Waals surface area contributed by atoms with E-state index in [9.17, 15) is 22.4 Å². The van der Waals surface area contributed by atoms with Crippen LogP contribution < -0.4 is 21.9 Å². The van der Waals surface area contributed by atoms with E-state index in [1.54, 1.807) is 0 Å². The fourth-order valence-corrected chi connectivity index (χ4v) is 2.05. The molecule has 0 aliphatic heterocycles. The van der Waals surface area contributed by atoms with Crippen LogP contribution in [0.5, 0.6) is 0 Å². The molecule has 32 heavy (non-hydrogen) atoms. The number of carbonyl (C=O) groups excluding carboxylic acids is 1. The third kappa shape index (κ3) is 9.50. The molecular formula is C15H18B4F4O9. The van der Waals surface area contributed by atoms with E-state index in [2.05, 4.69) is 0 Å². The summed E-state index contributed by atoms with van der Waals surface area (Å²) in [5.41, 5.74) is -1.95. The van der Waals surface area contributed by atoms with E-state index in [0.717, 1.165) is 0 Å². The summed E-state index contributed by atoms with van der Waals surface area (Å²) in [5, 5.41) is 69.7. The third-order valence-electron chi connectivity index (χ3n) is 3.36. The summed E-state index contributed by atoms with van der Waals surface area (Å²) in [6.07, 6.45) is 0. The van der Waals surface area contributed by atoms with Crippen LogP contribution in [0.25, 0.3) is 0 Å². The van der Waals surface area contributed by atoms with Gasteiger partial charge in [-0.05, 0) is 60.0 Å². The van der Waals surface area contributed by atoms with Crippen molar-refractivity contribution in [3.8, 4) is 0 Å². The van der Waals surface area contributed by atoms with Gasteiger partial charge in [0.25, 0.3) is 0 Å². The molecule has 0 saturated carbocycles. The van der Waals surface area contributed by atoms with E-state index in [1.807, 2.05) is 0 Å². The number of hydrogen-bond donors (Lipinski definition) is 8. The lowest BCUT2D eigenvalue weighted by molar-refractivity contribution is -0.115. The largest absolute Gasteiger partial charge is 0.488 e. The second-order valence-corrected chi connectivity index (χ2v) is 6.19. The Morgan fingerprint density at radius 1 is 0.531 bits per heavy atom. The van der Waals surface area contributed by atoms with Gasteiger partial charge in [-0.3, -0.25) is 0 Å². The highest BCUT2D eigenvalue weighted by molar-refractivity contribution is 6.72. The Bertz CT molecular complexity index is 779. The van der Waals surface area contributed by atoms with E-state index in [-0.39, 0.29) is 5.78 Å². The first-order valence-electron chi connectivity index (χ1n) is 8.49. The predicted octanol–water partition coefficient (Wildman–Crippen LogP) is -4.76. The van der Waals surface area contributed by atoms with E-state index >= 15 is 0 Å². The van der Waals surface area contributed by atoms with Gasteiger partial charge in [0.2, 0.25) is 0 Å². The highest BCUT2D eigenvalue weighted by atomic mass is 19.2. The number of halogens is 4. The molecule has 2 aromatic carbocycles. The van der Waals surface area contributed by atoms with Gasteiger partial charge in [0.15, 0.2) is 23.3 Å². The van der Waals surface area contributed by atoms with Gasteiger partial charge in [0, 0.05) is 0 Å². The van der Waals surface area contributed by atoms with Crippen LogP contribution in [0.4, 0.5) is 17.6 Å². The molecule has 0 atom stereocenters. The fraction of sp³-hybridized carbons (Fsp3) is 0.133. The number of Topliss-reactive ketones (excluding diaryl/α,β-unsaturated/α-hetero) is 1. The molecule has 0 heterocycles. The average molecular weight is 462 g/mol. The molecule has 0 fully saturated rings. The van der Waals surface area contributed by atoms with Crippen molar-refractivity contribution in [1.82, 2.24) is 0 Å². The van der Waals surface area contributed by atoms with Crippen molar-refractivity contribution < 1.29 is 62.5 Å². The highest BCUT2D eigenvalue weighted by Crippen LogP contribution is 2.02. The van der Waals surface area contributed by atoms with E-state index < -0.39 is 73.6 Å². The minimum Gasteiger partial charge on any atom is -0.423 e. The molecule has 0 unspecified atom stereocenters. The molecule has 0 amide bonds. The molecule has 0 saturated heterocycles. The van der Waals surface area contributed by atoms with Crippen LogP contribution in [0.2, 0.25) is 0 Å². The van der Waals surface area contributed by atoms with Crippen LogP contribution in [0.15, 0.2) is 24.3 Å². The Morgan fingerprint density at radius 3 is 0.750 bits per heavy atom. The molecule has 9 nitrogen and oxygen atoms in total. The molecule has 0 aromatic heterocycles. The first kappa shape index (κ1) is 29.8. The monoisotopic (exact) mass is 462 g/mol. The minimum atomic E-state index is -2.10. The van der Waals surface area contributed by atoms with Crippen molar-refractivity contribution >= 4 is 56.1 Å². The van der Waals surface area contributed by atoms with Crippen molar-refractivity contribution in [2.24, 2.45) is 0 Å². The normalized spacial score (nSPS) is 9.69. The van der Waals surface area contributed by atoms with Crippen LogP contribution in [-0.2, 0) is 4.79 Å². The maximum absolute atomic E-state index is 12.6. The topological polar surface area (TPSA) is 179 Å². The molecule has 17 heteroatoms. The van der Waals surface area contributed by atoms with Crippen LogP contribution in [0.1, 0.15) is 13.8 Å². The van der Waals surface area contributed by atoms with Crippen molar-refractivity contribution in [2.45, 2.75) is 13.8 Å². The zero-order chi connectivity index (χ0) is 25.3. The summed E-state index contributed by atoms with van der Waals surface area (Å²) in [5.74, 6) is -5.01. The summed E-state index contributed by atoms with van der Waals surface area (Å²) in [4.78, 5) is 9.44. The minimum absolute atomic E-state index is 0.167. The fourth-order valence-electron chi connectivity index (χ4n) is 2.05. The lowest BCUT2D eigenvalue weighted by atomic mass is 9.66. The zero-order valence-corrected chi connectivity index (χ0v) is 16.6. The predicted molar refractivity (Wildman–Crippen MR) is 108 cm³/mol. The van der Waals surface area contributed by atoms with Crippen molar-refractivity contribution in [3.63, 3.8) is 0 Å². The smallest absolute Gasteiger partial charge is 0.423 e. The number of benzene rings is 2. The van der Waals surface area contributed by atoms with Gasteiger partial charge in [-0.1, -0.05) is 0 Å². The molecule has 0 bridgehead atoms. The van der Waals surface area contributed by atoms with Gasteiger partial charge in [-0.2, -0.15) is 0 Å². The summed E-state index contributed by atoms with van der Waals surface area (Å²) in [6, 6.07) is 1.98. The first-order valence-corrected chi connectivity index (χ1v) is 8.49. The van der Waals surface area contributed by atoms with Gasteiger partial charge >= 0.3 is 28.5 Å². The molecule has 8 N–H and O–H groups in total. The van der Waals surface area contributed by atoms with E-state index in [0.29, 0.717) is 24.3 Å². The zero-order valence-electron chi connectivity index (χ0n) is 16.6. The molecule has 172 valence electrons. The highest BCUT2D eigenvalue weighted by Gasteiger charge is 2.26. The summed E-state index contributed by atoms with van der Waals surface area (Å²) in [7, 11) is -8.38. The maximum Gasteiger partial charge on any atom is 0.488 e. The van der Waals surface area contributed by atoms with Crippen LogP contribution in [0.3, 0.4) is 0 Å². The number of rotatable bonds is 4. The quantitative estimate of drug-likeness (QED) is 0.164. The van der Waals surface area contributed by atoms with Crippen LogP contribution >= 0.6 is 0 Å². The second kappa shape index (κ2) is 13.3. The van der Waals surface area contributed by atoms with Gasteiger partial charge in [-0.15, -0.1) is 0 Å². The number of carbonyl (C=O) groups is 1. The summed E-state index contributed by atoms with van der Waals surface area (Å²) < 4.78 is 50.5. The van der Waals surface area contributed by atoms with Gasteiger partial charge in [0.1, 0.15) is 5.78 Å². The van der Waals surface area contributed by atoms with Crippen LogP contribution in [0, 0.1) is 23.3 Å². The Balaban J connectivity index is 0.000000515. The molecule has 0 aliphatic rings. The van der Waals surface area contributed by atoms with E-state index in [4.69, 9.17) is 40.2 Å². The lowest BCUT2D eigenvalue weighted by Crippen LogP contribution is -2.50. The number of hydrogen-bond acceptors (Lipinski definition) is 9. The molecule has 0 spiro atoms. The average Bonchev–Trinajstić information content (AvgIpc) is 2.64. The summed E-state index contributed by atoms with van der Waals surface area (Å²) in [6.45, 7) is 3.06. The van der Waals surface area contributed by atoms with Gasteiger partial charge in [0.05, 0.1) is 0 Å². The SMILES string of the molecule is CC(C)=O.OB(O)c1cc(F)c(F)cc1B(O)O.OB(O)c1cc(F)c(F)cc1B(O)O. The summed E-state index contributed by atoms with van der Waals surface area (Å²) >= 11 is 0. The second-order valence-electron chi connectivity index (χ2n) is 6.19. The molecule has 2 rings (SSSR count). The van der Waals surface area contributed by atoms with E-state index in [1.165, 1.54) is 13.8 Å². The van der Waals surface area contributed by atoms with Gasteiger partial charge < -0.3 is 45.0 Å². The molecule has 0 radical (unpaired) electrons. The first-order chi connectivity index (χ1) is 14.6. The van der Waals surface area contributed by atoms with Crippen molar-refractivity contribution in [1.29, 1.82) is 0 Å². The van der Waals surface area contributed by atoms with Crippen molar-refractivity contribution in [2.75, 3.05) is 0 Å². The lowest BCUT2D eigenvalue weighted by Gasteiger charge is -2.08. The van der Waals surface area contributed by atoms with Gasteiger partial charge in [-0.25, -0.2) is 17.6 Å². The molecule has 0 aliphatic carbocycles. The standard InChI is InChI=1S/2C6H6B2F2O4.C3H6O/c2*9-5-1-3(7(11)12)4(8(13)14)2-6(5)10;1-3(2)4/h2*1-2,11-14H;1-2H3. The Morgan fingerprint density at radius 2 is 0.656 bits per heavy atom. The molecular weight excluding hydrogens is 443 g/mol. The third-order valence-corrected chi connectivity index (χ3v) is 3.36. The Kier molecular flexibility index (Phi) is 12.4. The van der Waals surface area contributed by atoms with Crippen LogP contribution in [-0.4, -0.2) is 74.4 Å². The Hall–Kier alpha value is -2.23. The maximum atomic E-state index is 12.6.